The van der Waals surface area contributed by atoms with Gasteiger partial charge in [0.05, 0.1) is 41.3 Å². The molecule has 1 N–H and O–H groups in total. The second-order valence-corrected chi connectivity index (χ2v) is 8.76. The average Bonchev–Trinajstić information content (AvgIpc) is 3.30. The molecule has 12 heteroatoms. The lowest BCUT2D eigenvalue weighted by Crippen LogP contribution is -2.41. The molecule has 186 valence electrons. The molecule has 0 fully saturated rings. The fourth-order valence-corrected chi connectivity index (χ4v) is 4.23. The number of benzene rings is 2. The van der Waals surface area contributed by atoms with Crippen molar-refractivity contribution in [2.75, 3.05) is 11.9 Å². The molecular weight excluding hydrogens is 506 g/mol. The number of aromatic nitrogens is 4. The molecule has 0 amide bonds. The van der Waals surface area contributed by atoms with E-state index in [2.05, 4.69) is 15.3 Å². The standard InChI is InChI=1S/C25H17ClF2N6O3/c1-13-4-17(11-30-10-13)34-24(35)32-23(31-20-7-15-2-3-37-21(15)8-18(20)26)33(25(34)36)12-14-5-16(9-29)22(28)19(27)6-14/h4-8,10-11H,2-3,12H2,1H3,(H,31,32,35). The fourth-order valence-electron chi connectivity index (χ4n) is 4.03. The number of nitriles is 1. The number of halogens is 3. The summed E-state index contributed by atoms with van der Waals surface area (Å²) in [6.45, 7) is 1.90. The second-order valence-electron chi connectivity index (χ2n) is 8.36. The van der Waals surface area contributed by atoms with E-state index in [-0.39, 0.29) is 28.8 Å². The first-order chi connectivity index (χ1) is 17.7. The third kappa shape index (κ3) is 4.54. The monoisotopic (exact) mass is 522 g/mol. The number of hydrogen-bond donors (Lipinski definition) is 1. The SMILES string of the molecule is Cc1cncc(-n2c(=O)nc(Nc3cc4c(cc3Cl)OCC4)n(Cc3cc(F)c(F)c(C#N)c3)c2=O)c1. The van der Waals surface area contributed by atoms with E-state index in [9.17, 15) is 23.6 Å². The third-order valence-corrected chi connectivity index (χ3v) is 6.08. The number of rotatable bonds is 5. The Bertz CT molecular complexity index is 1730. The van der Waals surface area contributed by atoms with Crippen molar-refractivity contribution in [2.24, 2.45) is 0 Å². The summed E-state index contributed by atoms with van der Waals surface area (Å²) in [5.41, 5.74) is -0.0176. The van der Waals surface area contributed by atoms with Crippen molar-refractivity contribution in [1.29, 1.82) is 5.26 Å². The van der Waals surface area contributed by atoms with Gasteiger partial charge in [0.15, 0.2) is 11.6 Å². The summed E-state index contributed by atoms with van der Waals surface area (Å²) in [6.07, 6.45) is 3.54. The average molecular weight is 523 g/mol. The van der Waals surface area contributed by atoms with Gasteiger partial charge in [-0.05, 0) is 47.9 Å². The highest BCUT2D eigenvalue weighted by Gasteiger charge is 2.20. The maximum atomic E-state index is 14.2. The molecule has 0 atom stereocenters. The summed E-state index contributed by atoms with van der Waals surface area (Å²) < 4.78 is 35.5. The van der Waals surface area contributed by atoms with E-state index in [4.69, 9.17) is 16.3 Å². The van der Waals surface area contributed by atoms with E-state index in [1.165, 1.54) is 6.20 Å². The van der Waals surface area contributed by atoms with Crippen molar-refractivity contribution in [2.45, 2.75) is 19.9 Å². The molecule has 0 saturated carbocycles. The summed E-state index contributed by atoms with van der Waals surface area (Å²) in [5.74, 6) is -2.09. The molecule has 0 aliphatic carbocycles. The van der Waals surface area contributed by atoms with Crippen LogP contribution in [-0.2, 0) is 13.0 Å². The smallest absolute Gasteiger partial charge is 0.359 e. The molecule has 4 aromatic rings. The summed E-state index contributed by atoms with van der Waals surface area (Å²) in [4.78, 5) is 34.7. The summed E-state index contributed by atoms with van der Waals surface area (Å²) in [5, 5.41) is 12.3. The van der Waals surface area contributed by atoms with Crippen LogP contribution in [0, 0.1) is 29.9 Å². The highest BCUT2D eigenvalue weighted by Crippen LogP contribution is 2.35. The molecule has 0 spiro atoms. The first-order valence-electron chi connectivity index (χ1n) is 11.0. The summed E-state index contributed by atoms with van der Waals surface area (Å²) in [7, 11) is 0. The largest absolute Gasteiger partial charge is 0.493 e. The van der Waals surface area contributed by atoms with Crippen molar-refractivity contribution in [3.05, 3.63) is 103 Å². The van der Waals surface area contributed by atoms with E-state index >= 15 is 0 Å². The Labute approximate surface area is 213 Å². The van der Waals surface area contributed by atoms with Crippen LogP contribution in [0.3, 0.4) is 0 Å². The van der Waals surface area contributed by atoms with Crippen molar-refractivity contribution in [3.8, 4) is 17.5 Å². The Hall–Kier alpha value is -4.56. The van der Waals surface area contributed by atoms with Crippen LogP contribution in [-0.4, -0.2) is 25.7 Å². The van der Waals surface area contributed by atoms with Gasteiger partial charge in [0, 0.05) is 18.7 Å². The number of anilines is 2. The number of hydrogen-bond acceptors (Lipinski definition) is 7. The predicted molar refractivity (Wildman–Crippen MR) is 131 cm³/mol. The minimum Gasteiger partial charge on any atom is -0.493 e. The zero-order valence-electron chi connectivity index (χ0n) is 19.3. The zero-order valence-corrected chi connectivity index (χ0v) is 20.0. The van der Waals surface area contributed by atoms with E-state index in [1.54, 1.807) is 37.4 Å². The lowest BCUT2D eigenvalue weighted by atomic mass is 10.1. The summed E-state index contributed by atoms with van der Waals surface area (Å²) in [6, 6.07) is 8.50. The van der Waals surface area contributed by atoms with Crippen molar-refractivity contribution in [3.63, 3.8) is 0 Å². The molecule has 0 saturated heterocycles. The Morgan fingerprint density at radius 3 is 2.76 bits per heavy atom. The first-order valence-corrected chi connectivity index (χ1v) is 11.4. The van der Waals surface area contributed by atoms with E-state index < -0.39 is 28.6 Å². The van der Waals surface area contributed by atoms with E-state index in [0.29, 0.717) is 30.0 Å². The molecule has 3 heterocycles. The number of nitrogens with one attached hydrogen (secondary N) is 1. The predicted octanol–water partition coefficient (Wildman–Crippen LogP) is 3.63. The van der Waals surface area contributed by atoms with Crippen molar-refractivity contribution < 1.29 is 13.5 Å². The Balaban J connectivity index is 1.68. The summed E-state index contributed by atoms with van der Waals surface area (Å²) >= 11 is 6.40. The van der Waals surface area contributed by atoms with E-state index in [1.807, 2.05) is 0 Å². The van der Waals surface area contributed by atoms with Gasteiger partial charge in [0.1, 0.15) is 11.8 Å². The Kier molecular flexibility index (Phi) is 6.19. The molecule has 5 rings (SSSR count). The number of fused-ring (bicyclic) bond motifs is 1. The van der Waals surface area contributed by atoms with E-state index in [0.717, 1.165) is 26.8 Å². The van der Waals surface area contributed by atoms with Crippen LogP contribution in [0.5, 0.6) is 5.75 Å². The molecule has 0 radical (unpaired) electrons. The Morgan fingerprint density at radius 1 is 1.19 bits per heavy atom. The second kappa shape index (κ2) is 9.48. The maximum Gasteiger partial charge on any atom is 0.359 e. The van der Waals surface area contributed by atoms with Crippen LogP contribution >= 0.6 is 11.6 Å². The van der Waals surface area contributed by atoms with Crippen molar-refractivity contribution >= 4 is 23.2 Å². The van der Waals surface area contributed by atoms with Crippen LogP contribution in [0.1, 0.15) is 22.3 Å². The molecule has 1 aliphatic heterocycles. The molecule has 0 bridgehead atoms. The first kappa shape index (κ1) is 24.1. The molecule has 37 heavy (non-hydrogen) atoms. The van der Waals surface area contributed by atoms with Crippen LogP contribution in [0.2, 0.25) is 5.02 Å². The number of aryl methyl sites for hydroxylation is 1. The molecule has 2 aromatic carbocycles. The fraction of sp³-hybridized carbons (Fsp3) is 0.160. The van der Waals surface area contributed by atoms with Crippen LogP contribution in [0.25, 0.3) is 5.69 Å². The number of nitrogens with zero attached hydrogens (tertiary/aromatic N) is 5. The van der Waals surface area contributed by atoms with Gasteiger partial charge in [-0.3, -0.25) is 9.55 Å². The van der Waals surface area contributed by atoms with Gasteiger partial charge < -0.3 is 10.1 Å². The van der Waals surface area contributed by atoms with Gasteiger partial charge in [-0.1, -0.05) is 11.6 Å². The lowest BCUT2D eigenvalue weighted by molar-refractivity contribution is 0.357. The zero-order chi connectivity index (χ0) is 26.3. The molecule has 1 aliphatic rings. The lowest BCUT2D eigenvalue weighted by Gasteiger charge is -2.17. The minimum absolute atomic E-state index is 0.100. The van der Waals surface area contributed by atoms with Gasteiger partial charge in [-0.25, -0.2) is 22.9 Å². The van der Waals surface area contributed by atoms with Crippen LogP contribution in [0.4, 0.5) is 20.4 Å². The quantitative estimate of drug-likeness (QED) is 0.425. The molecular formula is C25H17ClF2N6O3. The van der Waals surface area contributed by atoms with Gasteiger partial charge in [-0.2, -0.15) is 10.2 Å². The van der Waals surface area contributed by atoms with Gasteiger partial charge in [-0.15, -0.1) is 0 Å². The Morgan fingerprint density at radius 2 is 2.00 bits per heavy atom. The highest BCUT2D eigenvalue weighted by molar-refractivity contribution is 6.33. The topological polar surface area (TPSA) is 115 Å². The number of ether oxygens (including phenoxy) is 1. The maximum absolute atomic E-state index is 14.2. The molecule has 2 aromatic heterocycles. The number of pyridine rings is 1. The highest BCUT2D eigenvalue weighted by atomic mass is 35.5. The molecule has 0 unspecified atom stereocenters. The normalized spacial score (nSPS) is 12.1. The van der Waals surface area contributed by atoms with Crippen LogP contribution in [0.15, 0.2) is 52.3 Å². The molecule has 9 nitrogen and oxygen atoms in total. The van der Waals surface area contributed by atoms with Gasteiger partial charge >= 0.3 is 11.4 Å². The van der Waals surface area contributed by atoms with Gasteiger partial charge in [0.25, 0.3) is 0 Å². The minimum atomic E-state index is -1.29. The third-order valence-electron chi connectivity index (χ3n) is 5.76. The van der Waals surface area contributed by atoms with Gasteiger partial charge in [0.2, 0.25) is 5.95 Å². The van der Waals surface area contributed by atoms with Crippen molar-refractivity contribution in [1.82, 2.24) is 19.1 Å². The van der Waals surface area contributed by atoms with Crippen LogP contribution < -0.4 is 21.4 Å².